The molecule has 7 heteroatoms. The number of nitrogens with one attached hydrogen (secondary N) is 1. The molecule has 0 bridgehead atoms. The minimum absolute atomic E-state index is 0.0788. The van der Waals surface area contributed by atoms with Gasteiger partial charge in [0.25, 0.3) is 5.89 Å². The summed E-state index contributed by atoms with van der Waals surface area (Å²) < 4.78 is 7.45. The molecule has 1 N–H and O–H groups in total. The molecule has 2 heterocycles. The number of hydrogen-bond acceptors (Lipinski definition) is 5. The van der Waals surface area contributed by atoms with E-state index in [1.54, 1.807) is 10.9 Å². The minimum atomic E-state index is -0.529. The second-order valence-corrected chi connectivity index (χ2v) is 6.73. The Morgan fingerprint density at radius 2 is 2.00 bits per heavy atom. The number of aromatic nitrogens is 4. The van der Waals surface area contributed by atoms with E-state index in [9.17, 15) is 4.79 Å². The third-order valence-corrected chi connectivity index (χ3v) is 4.88. The van der Waals surface area contributed by atoms with Gasteiger partial charge < -0.3 is 9.84 Å². The molecule has 1 unspecified atom stereocenters. The summed E-state index contributed by atoms with van der Waals surface area (Å²) in [5, 5.41) is 11.7. The first-order valence-corrected chi connectivity index (χ1v) is 8.85. The molecule has 1 saturated carbocycles. The molecule has 1 atom stereocenters. The first-order chi connectivity index (χ1) is 12.7. The van der Waals surface area contributed by atoms with Crippen LogP contribution in [0.15, 0.2) is 53.3 Å². The number of hydrogen-bond donors (Lipinski definition) is 1. The Kier molecular flexibility index (Phi) is 4.28. The van der Waals surface area contributed by atoms with Crippen LogP contribution in [0.3, 0.4) is 0 Å². The molecular weight excluding hydrogens is 330 g/mol. The van der Waals surface area contributed by atoms with Crippen molar-refractivity contribution in [3.63, 3.8) is 0 Å². The molecule has 0 aliphatic heterocycles. The highest BCUT2D eigenvalue weighted by Crippen LogP contribution is 2.38. The first kappa shape index (κ1) is 16.5. The summed E-state index contributed by atoms with van der Waals surface area (Å²) in [7, 11) is 0. The Hall–Kier alpha value is -2.96. The summed E-state index contributed by atoms with van der Waals surface area (Å²) >= 11 is 0. The standard InChI is InChI=1S/C19H21N5O2/c1-14(25)22-19(10-5-6-11-19)18-21-17(26-23-18)16(24-13-7-12-20-24)15-8-3-2-4-9-15/h2-4,7-9,12-13,16H,5-6,10-11H2,1H3,(H,22,25). The van der Waals surface area contributed by atoms with Crippen molar-refractivity contribution in [1.29, 1.82) is 0 Å². The fraction of sp³-hybridized carbons (Fsp3) is 0.368. The summed E-state index contributed by atoms with van der Waals surface area (Å²) in [6.07, 6.45) is 7.31. The van der Waals surface area contributed by atoms with Gasteiger partial charge in [0.2, 0.25) is 5.91 Å². The zero-order chi connectivity index (χ0) is 18.0. The minimum Gasteiger partial charge on any atom is -0.343 e. The summed E-state index contributed by atoms with van der Waals surface area (Å²) in [4.78, 5) is 16.4. The van der Waals surface area contributed by atoms with Crippen LogP contribution in [0.25, 0.3) is 0 Å². The van der Waals surface area contributed by atoms with Gasteiger partial charge in [-0.05, 0) is 24.5 Å². The first-order valence-electron chi connectivity index (χ1n) is 8.85. The molecule has 4 rings (SSSR count). The Labute approximate surface area is 151 Å². The van der Waals surface area contributed by atoms with Crippen molar-refractivity contribution in [2.75, 3.05) is 0 Å². The van der Waals surface area contributed by atoms with Gasteiger partial charge in [-0.2, -0.15) is 10.1 Å². The van der Waals surface area contributed by atoms with E-state index in [2.05, 4.69) is 15.6 Å². The molecule has 1 aliphatic rings. The summed E-state index contributed by atoms with van der Waals surface area (Å²) in [6.45, 7) is 1.53. The zero-order valence-corrected chi connectivity index (χ0v) is 14.6. The SMILES string of the molecule is CC(=O)NC1(c2noc(C(c3ccccc3)n3cccn3)n2)CCCC1. The Morgan fingerprint density at radius 1 is 1.23 bits per heavy atom. The van der Waals surface area contributed by atoms with Crippen LogP contribution >= 0.6 is 0 Å². The van der Waals surface area contributed by atoms with Crippen molar-refractivity contribution in [2.24, 2.45) is 0 Å². The molecule has 0 radical (unpaired) electrons. The lowest BCUT2D eigenvalue weighted by molar-refractivity contribution is -0.121. The topological polar surface area (TPSA) is 85.8 Å². The maximum atomic E-state index is 11.7. The zero-order valence-electron chi connectivity index (χ0n) is 14.6. The molecule has 0 spiro atoms. The van der Waals surface area contributed by atoms with Crippen LogP contribution in [-0.2, 0) is 10.3 Å². The van der Waals surface area contributed by atoms with E-state index in [1.165, 1.54) is 6.92 Å². The Balaban J connectivity index is 1.74. The summed E-state index contributed by atoms with van der Waals surface area (Å²) in [5.41, 5.74) is 0.477. The van der Waals surface area contributed by atoms with Crippen molar-refractivity contribution >= 4 is 5.91 Å². The van der Waals surface area contributed by atoms with Gasteiger partial charge in [0.05, 0.1) is 0 Å². The summed E-state index contributed by atoms with van der Waals surface area (Å²) in [5.74, 6) is 0.935. The number of nitrogens with zero attached hydrogens (tertiary/aromatic N) is 4. The molecule has 2 aromatic heterocycles. The Morgan fingerprint density at radius 3 is 2.65 bits per heavy atom. The number of amides is 1. The quantitative estimate of drug-likeness (QED) is 0.764. The largest absolute Gasteiger partial charge is 0.343 e. The lowest BCUT2D eigenvalue weighted by Crippen LogP contribution is -2.43. The monoisotopic (exact) mass is 351 g/mol. The van der Waals surface area contributed by atoms with Crippen LogP contribution in [0.5, 0.6) is 0 Å². The van der Waals surface area contributed by atoms with E-state index in [1.807, 2.05) is 42.6 Å². The highest BCUT2D eigenvalue weighted by atomic mass is 16.5. The smallest absolute Gasteiger partial charge is 0.256 e. The molecule has 0 saturated heterocycles. The Bertz CT molecular complexity index is 866. The fourth-order valence-corrected chi connectivity index (χ4v) is 3.74. The molecule has 1 amide bonds. The fourth-order valence-electron chi connectivity index (χ4n) is 3.74. The van der Waals surface area contributed by atoms with Crippen molar-refractivity contribution in [3.8, 4) is 0 Å². The van der Waals surface area contributed by atoms with E-state index in [4.69, 9.17) is 9.51 Å². The van der Waals surface area contributed by atoms with Crippen molar-refractivity contribution in [2.45, 2.75) is 44.2 Å². The third-order valence-electron chi connectivity index (χ3n) is 4.88. The maximum absolute atomic E-state index is 11.7. The van der Waals surface area contributed by atoms with Crippen molar-refractivity contribution < 1.29 is 9.32 Å². The van der Waals surface area contributed by atoms with Gasteiger partial charge in [-0.3, -0.25) is 9.48 Å². The molecule has 3 aromatic rings. The molecule has 1 aromatic carbocycles. The van der Waals surface area contributed by atoms with Crippen LogP contribution in [0.4, 0.5) is 0 Å². The predicted molar refractivity (Wildman–Crippen MR) is 94.2 cm³/mol. The molecule has 134 valence electrons. The van der Waals surface area contributed by atoms with Gasteiger partial charge in [-0.25, -0.2) is 0 Å². The van der Waals surface area contributed by atoms with Crippen molar-refractivity contribution in [3.05, 3.63) is 66.1 Å². The van der Waals surface area contributed by atoms with Gasteiger partial charge in [-0.15, -0.1) is 0 Å². The highest BCUT2D eigenvalue weighted by molar-refractivity contribution is 5.74. The number of carbonyl (C=O) groups excluding carboxylic acids is 1. The third kappa shape index (κ3) is 3.00. The normalized spacial score (nSPS) is 17.1. The lowest BCUT2D eigenvalue weighted by Gasteiger charge is -2.25. The van der Waals surface area contributed by atoms with Gasteiger partial charge in [0.1, 0.15) is 5.54 Å². The molecule has 1 fully saturated rings. The second kappa shape index (κ2) is 6.74. The average molecular weight is 351 g/mol. The molecule has 7 nitrogen and oxygen atoms in total. The maximum Gasteiger partial charge on any atom is 0.256 e. The number of rotatable bonds is 5. The number of benzene rings is 1. The van der Waals surface area contributed by atoms with E-state index >= 15 is 0 Å². The molecule has 1 aliphatic carbocycles. The average Bonchev–Trinajstić information content (AvgIpc) is 3.37. The van der Waals surface area contributed by atoms with Crippen LogP contribution in [0.2, 0.25) is 0 Å². The lowest BCUT2D eigenvalue weighted by atomic mass is 9.96. The molecular formula is C19H21N5O2. The summed E-state index contributed by atoms with van der Waals surface area (Å²) in [6, 6.07) is 11.5. The molecule has 26 heavy (non-hydrogen) atoms. The van der Waals surface area contributed by atoms with Gasteiger partial charge in [-0.1, -0.05) is 48.3 Å². The van der Waals surface area contributed by atoms with Gasteiger partial charge in [0, 0.05) is 19.3 Å². The second-order valence-electron chi connectivity index (χ2n) is 6.73. The van der Waals surface area contributed by atoms with Gasteiger partial charge >= 0.3 is 0 Å². The van der Waals surface area contributed by atoms with E-state index < -0.39 is 5.54 Å². The number of carbonyl (C=O) groups is 1. The van der Waals surface area contributed by atoms with Gasteiger partial charge in [0.15, 0.2) is 11.9 Å². The van der Waals surface area contributed by atoms with E-state index in [-0.39, 0.29) is 11.9 Å². The highest BCUT2D eigenvalue weighted by Gasteiger charge is 2.41. The van der Waals surface area contributed by atoms with Crippen LogP contribution in [0, 0.1) is 0 Å². The van der Waals surface area contributed by atoms with E-state index in [0.717, 1.165) is 31.2 Å². The van der Waals surface area contributed by atoms with Crippen molar-refractivity contribution in [1.82, 2.24) is 25.2 Å². The predicted octanol–water partition coefficient (Wildman–Crippen LogP) is 2.81. The van der Waals surface area contributed by atoms with Crippen LogP contribution < -0.4 is 5.32 Å². The van der Waals surface area contributed by atoms with Crippen LogP contribution in [0.1, 0.15) is 55.9 Å². The van der Waals surface area contributed by atoms with Crippen LogP contribution in [-0.4, -0.2) is 25.8 Å². The van der Waals surface area contributed by atoms with E-state index in [0.29, 0.717) is 11.7 Å².